The van der Waals surface area contributed by atoms with Gasteiger partial charge in [0.2, 0.25) is 0 Å². The maximum Gasteiger partial charge on any atom is 0.157 e. The largest absolute Gasteiger partial charge is 0.353 e. The average molecular weight is 288 g/mol. The third-order valence-corrected chi connectivity index (χ3v) is 4.02. The second-order valence-corrected chi connectivity index (χ2v) is 5.58. The van der Waals surface area contributed by atoms with Crippen molar-refractivity contribution in [2.75, 3.05) is 19.0 Å². The summed E-state index contributed by atoms with van der Waals surface area (Å²) in [5, 5.41) is 0. The van der Waals surface area contributed by atoms with E-state index >= 15 is 0 Å². The van der Waals surface area contributed by atoms with Gasteiger partial charge in [-0.1, -0.05) is 0 Å². The van der Waals surface area contributed by atoms with Crippen molar-refractivity contribution >= 4 is 11.8 Å². The molecule has 1 aromatic carbocycles. The molecule has 0 N–H and O–H groups in total. The molecule has 0 radical (unpaired) electrons. The van der Waals surface area contributed by atoms with Gasteiger partial charge < -0.3 is 9.47 Å². The lowest BCUT2D eigenvalue weighted by Gasteiger charge is -2.22. The molecule has 0 aliphatic carbocycles. The first kappa shape index (κ1) is 14.8. The normalized spacial score (nSPS) is 19.6. The molecule has 1 aliphatic rings. The molecule has 1 saturated heterocycles. The van der Waals surface area contributed by atoms with E-state index in [0.717, 1.165) is 44.1 Å². The Morgan fingerprint density at radius 3 is 2.95 bits per heavy atom. The van der Waals surface area contributed by atoms with Crippen molar-refractivity contribution < 1.29 is 18.3 Å². The molecule has 0 saturated carbocycles. The van der Waals surface area contributed by atoms with E-state index in [2.05, 4.69) is 0 Å². The lowest BCUT2D eigenvalue weighted by molar-refractivity contribution is -0.162. The molecule has 1 unspecified atom stereocenters. The number of ether oxygens (including phenoxy) is 2. The second-order valence-electron chi connectivity index (χ2n) is 4.44. The van der Waals surface area contributed by atoms with E-state index in [1.807, 2.05) is 0 Å². The van der Waals surface area contributed by atoms with Gasteiger partial charge in [-0.3, -0.25) is 0 Å². The van der Waals surface area contributed by atoms with Crippen LogP contribution in [0.2, 0.25) is 0 Å². The predicted octanol–water partition coefficient (Wildman–Crippen LogP) is 3.99. The zero-order valence-corrected chi connectivity index (χ0v) is 11.6. The lowest BCUT2D eigenvalue weighted by atomic mass is 10.2. The highest BCUT2D eigenvalue weighted by atomic mass is 32.2. The topological polar surface area (TPSA) is 18.5 Å². The van der Waals surface area contributed by atoms with Crippen LogP contribution in [0.25, 0.3) is 0 Å². The van der Waals surface area contributed by atoms with E-state index in [1.54, 1.807) is 0 Å². The average Bonchev–Trinajstić information content (AvgIpc) is 2.42. The monoisotopic (exact) mass is 288 g/mol. The van der Waals surface area contributed by atoms with Gasteiger partial charge >= 0.3 is 0 Å². The number of halogens is 2. The van der Waals surface area contributed by atoms with Crippen molar-refractivity contribution in [3.63, 3.8) is 0 Å². The molecule has 0 spiro atoms. The van der Waals surface area contributed by atoms with Crippen LogP contribution >= 0.6 is 11.8 Å². The van der Waals surface area contributed by atoms with Crippen LogP contribution in [0.5, 0.6) is 0 Å². The molecule has 0 bridgehead atoms. The summed E-state index contributed by atoms with van der Waals surface area (Å²) in [6.45, 7) is 1.39. The van der Waals surface area contributed by atoms with Crippen LogP contribution in [0, 0.1) is 11.6 Å². The maximum atomic E-state index is 13.3. The molecule has 1 heterocycles. The summed E-state index contributed by atoms with van der Waals surface area (Å²) in [4.78, 5) is 0.482. The molecule has 1 aromatic rings. The van der Waals surface area contributed by atoms with Crippen molar-refractivity contribution in [1.29, 1.82) is 0 Å². The van der Waals surface area contributed by atoms with E-state index in [9.17, 15) is 8.78 Å². The van der Waals surface area contributed by atoms with Crippen molar-refractivity contribution in [1.82, 2.24) is 0 Å². The van der Waals surface area contributed by atoms with Crippen LogP contribution in [0.15, 0.2) is 23.1 Å². The third kappa shape index (κ3) is 5.09. The third-order valence-electron chi connectivity index (χ3n) is 2.88. The number of hydrogen-bond donors (Lipinski definition) is 0. The standard InChI is InChI=1S/C14H18F2O2S/c15-11-5-6-13(12(16)10-11)19-9-3-8-18-14-4-1-2-7-17-14/h5-6,10,14H,1-4,7-9H2. The maximum absolute atomic E-state index is 13.3. The fourth-order valence-electron chi connectivity index (χ4n) is 1.89. The van der Waals surface area contributed by atoms with E-state index in [4.69, 9.17) is 9.47 Å². The van der Waals surface area contributed by atoms with Crippen molar-refractivity contribution in [2.24, 2.45) is 0 Å². The fraction of sp³-hybridized carbons (Fsp3) is 0.571. The van der Waals surface area contributed by atoms with Gasteiger partial charge in [0.15, 0.2) is 6.29 Å². The summed E-state index contributed by atoms with van der Waals surface area (Å²) in [6.07, 6.45) is 3.97. The van der Waals surface area contributed by atoms with Gasteiger partial charge in [-0.25, -0.2) is 8.78 Å². The zero-order valence-electron chi connectivity index (χ0n) is 10.7. The SMILES string of the molecule is Fc1ccc(SCCCOC2CCCCO2)c(F)c1. The van der Waals surface area contributed by atoms with Crippen molar-refractivity contribution in [3.05, 3.63) is 29.8 Å². The van der Waals surface area contributed by atoms with Gasteiger partial charge in [0.1, 0.15) is 11.6 Å². The molecule has 0 aromatic heterocycles. The van der Waals surface area contributed by atoms with Crippen LogP contribution in [0.3, 0.4) is 0 Å². The summed E-state index contributed by atoms with van der Waals surface area (Å²) in [7, 11) is 0. The van der Waals surface area contributed by atoms with E-state index in [-0.39, 0.29) is 6.29 Å². The molecule has 0 amide bonds. The Hall–Kier alpha value is -0.650. The Kier molecular flexibility index (Phi) is 6.07. The molecular formula is C14H18F2O2S. The summed E-state index contributed by atoms with van der Waals surface area (Å²) in [5.41, 5.74) is 0. The minimum Gasteiger partial charge on any atom is -0.353 e. The van der Waals surface area contributed by atoms with Gasteiger partial charge in [-0.05, 0) is 37.8 Å². The Morgan fingerprint density at radius 1 is 1.32 bits per heavy atom. The highest BCUT2D eigenvalue weighted by Gasteiger charge is 2.13. The van der Waals surface area contributed by atoms with E-state index in [1.165, 1.54) is 23.9 Å². The number of thioether (sulfide) groups is 1. The molecule has 1 fully saturated rings. The summed E-state index contributed by atoms with van der Waals surface area (Å²) in [5.74, 6) is -0.295. The molecule has 19 heavy (non-hydrogen) atoms. The van der Waals surface area contributed by atoms with E-state index in [0.29, 0.717) is 11.5 Å². The lowest BCUT2D eigenvalue weighted by Crippen LogP contribution is -2.22. The Bertz CT molecular complexity index is 395. The highest BCUT2D eigenvalue weighted by Crippen LogP contribution is 2.23. The first-order valence-electron chi connectivity index (χ1n) is 6.57. The molecule has 2 rings (SSSR count). The van der Waals surface area contributed by atoms with Crippen LogP contribution in [0.1, 0.15) is 25.7 Å². The van der Waals surface area contributed by atoms with Gasteiger partial charge in [-0.2, -0.15) is 0 Å². The number of rotatable bonds is 6. The fourth-order valence-corrected chi connectivity index (χ4v) is 2.73. The smallest absolute Gasteiger partial charge is 0.157 e. The van der Waals surface area contributed by atoms with Gasteiger partial charge in [0, 0.05) is 23.3 Å². The first-order valence-corrected chi connectivity index (χ1v) is 7.55. The minimum absolute atomic E-state index is 0.0682. The quantitative estimate of drug-likeness (QED) is 0.582. The molecule has 2 nitrogen and oxygen atoms in total. The predicted molar refractivity (Wildman–Crippen MR) is 71.2 cm³/mol. The molecule has 5 heteroatoms. The van der Waals surface area contributed by atoms with Gasteiger partial charge in [0.05, 0.1) is 6.61 Å². The highest BCUT2D eigenvalue weighted by molar-refractivity contribution is 7.99. The number of benzene rings is 1. The van der Waals surface area contributed by atoms with Crippen LogP contribution in [-0.2, 0) is 9.47 Å². The van der Waals surface area contributed by atoms with Crippen LogP contribution < -0.4 is 0 Å². The van der Waals surface area contributed by atoms with Crippen molar-refractivity contribution in [3.8, 4) is 0 Å². The molecule has 1 aliphatic heterocycles. The molecule has 1 atom stereocenters. The van der Waals surface area contributed by atoms with E-state index < -0.39 is 11.6 Å². The van der Waals surface area contributed by atoms with Gasteiger partial charge in [0.25, 0.3) is 0 Å². The summed E-state index contributed by atoms with van der Waals surface area (Å²) in [6, 6.07) is 3.66. The van der Waals surface area contributed by atoms with Gasteiger partial charge in [-0.15, -0.1) is 11.8 Å². The molecule has 106 valence electrons. The Morgan fingerprint density at radius 2 is 2.21 bits per heavy atom. The summed E-state index contributed by atoms with van der Waals surface area (Å²) >= 11 is 1.38. The van der Waals surface area contributed by atoms with Crippen LogP contribution in [-0.4, -0.2) is 25.3 Å². The summed E-state index contributed by atoms with van der Waals surface area (Å²) < 4.78 is 37.1. The first-order chi connectivity index (χ1) is 9.25. The van der Waals surface area contributed by atoms with Crippen molar-refractivity contribution in [2.45, 2.75) is 36.9 Å². The Balaban J connectivity index is 1.61. The second kappa shape index (κ2) is 7.82. The number of hydrogen-bond acceptors (Lipinski definition) is 3. The minimum atomic E-state index is -0.542. The van der Waals surface area contributed by atoms with Crippen LogP contribution in [0.4, 0.5) is 8.78 Å². The Labute approximate surface area is 116 Å². The zero-order chi connectivity index (χ0) is 13.5. The molecular weight excluding hydrogens is 270 g/mol.